The zero-order chi connectivity index (χ0) is 18.4. The highest BCUT2D eigenvalue weighted by molar-refractivity contribution is 5.90. The number of para-hydroxylation sites is 1. The molecule has 1 aliphatic carbocycles. The Labute approximate surface area is 153 Å². The summed E-state index contributed by atoms with van der Waals surface area (Å²) in [5.74, 6) is -0.381. The average molecular weight is 355 g/mol. The minimum atomic E-state index is -0.531. The van der Waals surface area contributed by atoms with Crippen molar-refractivity contribution >= 4 is 11.9 Å². The van der Waals surface area contributed by atoms with Crippen LogP contribution in [-0.4, -0.2) is 34.8 Å². The van der Waals surface area contributed by atoms with Crippen molar-refractivity contribution in [3.05, 3.63) is 47.8 Å². The van der Waals surface area contributed by atoms with Gasteiger partial charge in [-0.25, -0.2) is 9.48 Å². The number of nitrogens with zero attached hydrogens (tertiary/aromatic N) is 2. The third-order valence-electron chi connectivity index (χ3n) is 4.37. The number of benzene rings is 1. The van der Waals surface area contributed by atoms with E-state index < -0.39 is 5.97 Å². The first-order chi connectivity index (χ1) is 12.7. The molecule has 6 heteroatoms. The van der Waals surface area contributed by atoms with Gasteiger partial charge in [0, 0.05) is 12.5 Å². The van der Waals surface area contributed by atoms with Crippen LogP contribution in [0.2, 0.25) is 0 Å². The molecular weight excluding hydrogens is 330 g/mol. The largest absolute Gasteiger partial charge is 0.451 e. The molecule has 138 valence electrons. The molecule has 1 heterocycles. The summed E-state index contributed by atoms with van der Waals surface area (Å²) in [6.07, 6.45) is 5.29. The Morgan fingerprint density at radius 1 is 1.23 bits per heavy atom. The van der Waals surface area contributed by atoms with Crippen LogP contribution in [0.25, 0.3) is 5.69 Å². The summed E-state index contributed by atoms with van der Waals surface area (Å²) in [7, 11) is 0. The molecule has 2 aromatic rings. The van der Waals surface area contributed by atoms with Gasteiger partial charge < -0.3 is 10.1 Å². The summed E-state index contributed by atoms with van der Waals surface area (Å²) < 4.78 is 6.82. The third-order valence-corrected chi connectivity index (χ3v) is 4.37. The topological polar surface area (TPSA) is 73.2 Å². The highest BCUT2D eigenvalue weighted by Gasteiger charge is 2.29. The smallest absolute Gasteiger partial charge is 0.357 e. The van der Waals surface area contributed by atoms with Crippen LogP contribution in [-0.2, 0) is 9.53 Å². The predicted molar refractivity (Wildman–Crippen MR) is 98.4 cm³/mol. The molecule has 1 fully saturated rings. The molecule has 0 bridgehead atoms. The molecule has 0 radical (unpaired) electrons. The maximum Gasteiger partial charge on any atom is 0.357 e. The average Bonchev–Trinajstić information content (AvgIpc) is 3.42. The Bertz CT molecular complexity index is 751. The molecule has 0 atom stereocenters. The van der Waals surface area contributed by atoms with Crippen molar-refractivity contribution in [1.29, 1.82) is 0 Å². The zero-order valence-corrected chi connectivity index (χ0v) is 15.1. The van der Waals surface area contributed by atoms with Crippen molar-refractivity contribution < 1.29 is 14.3 Å². The summed E-state index contributed by atoms with van der Waals surface area (Å²) in [6, 6.07) is 11.3. The number of carbonyl (C=O) groups is 2. The fourth-order valence-corrected chi connectivity index (χ4v) is 2.75. The van der Waals surface area contributed by atoms with Gasteiger partial charge in [-0.3, -0.25) is 4.79 Å². The standard InChI is InChI=1S/C20H25N3O3/c1-2-3-7-12-21-19(24)14-26-20(25)18-13-17(15-10-11-15)22-23(18)16-8-5-4-6-9-16/h4-6,8-9,13,15H,2-3,7,10-12,14H2,1H3,(H,21,24). The highest BCUT2D eigenvalue weighted by Crippen LogP contribution is 2.39. The summed E-state index contributed by atoms with van der Waals surface area (Å²) in [5.41, 5.74) is 2.07. The fraction of sp³-hybridized carbons (Fsp3) is 0.450. The summed E-state index contributed by atoms with van der Waals surface area (Å²) in [4.78, 5) is 24.3. The van der Waals surface area contributed by atoms with Crippen molar-refractivity contribution in [1.82, 2.24) is 15.1 Å². The van der Waals surface area contributed by atoms with Crippen LogP contribution in [0.4, 0.5) is 0 Å². The fourth-order valence-electron chi connectivity index (χ4n) is 2.75. The van der Waals surface area contributed by atoms with Crippen LogP contribution in [0, 0.1) is 0 Å². The van der Waals surface area contributed by atoms with Gasteiger partial charge in [0.1, 0.15) is 0 Å². The second kappa shape index (κ2) is 8.65. The lowest BCUT2D eigenvalue weighted by atomic mass is 10.2. The molecule has 3 rings (SSSR count). The predicted octanol–water partition coefficient (Wildman–Crippen LogP) is 3.21. The maximum absolute atomic E-state index is 12.5. The van der Waals surface area contributed by atoms with Gasteiger partial charge in [0.2, 0.25) is 0 Å². The van der Waals surface area contributed by atoms with Crippen LogP contribution in [0.1, 0.15) is 61.1 Å². The number of esters is 1. The third kappa shape index (κ3) is 4.71. The van der Waals surface area contributed by atoms with Crippen LogP contribution in [0.5, 0.6) is 0 Å². The van der Waals surface area contributed by atoms with Gasteiger partial charge in [-0.2, -0.15) is 5.10 Å². The Morgan fingerprint density at radius 3 is 2.69 bits per heavy atom. The number of ether oxygens (including phenoxy) is 1. The Kier molecular flexibility index (Phi) is 6.04. The molecule has 1 aromatic carbocycles. The Morgan fingerprint density at radius 2 is 2.00 bits per heavy atom. The molecule has 1 saturated carbocycles. The molecule has 0 spiro atoms. The van der Waals surface area contributed by atoms with E-state index in [1.807, 2.05) is 30.3 Å². The summed E-state index contributed by atoms with van der Waals surface area (Å²) >= 11 is 0. The van der Waals surface area contributed by atoms with E-state index in [2.05, 4.69) is 17.3 Å². The molecule has 0 unspecified atom stereocenters. The number of unbranched alkanes of at least 4 members (excludes halogenated alkanes) is 2. The van der Waals surface area contributed by atoms with E-state index in [-0.39, 0.29) is 12.5 Å². The highest BCUT2D eigenvalue weighted by atomic mass is 16.5. The van der Waals surface area contributed by atoms with E-state index in [4.69, 9.17) is 4.74 Å². The van der Waals surface area contributed by atoms with Gasteiger partial charge in [0.15, 0.2) is 12.3 Å². The van der Waals surface area contributed by atoms with Crippen molar-refractivity contribution in [2.75, 3.05) is 13.2 Å². The number of hydrogen-bond acceptors (Lipinski definition) is 4. The van der Waals surface area contributed by atoms with E-state index in [0.29, 0.717) is 18.2 Å². The molecule has 1 aromatic heterocycles. The summed E-state index contributed by atoms with van der Waals surface area (Å²) in [5, 5.41) is 7.34. The van der Waals surface area contributed by atoms with E-state index >= 15 is 0 Å². The van der Waals surface area contributed by atoms with Crippen LogP contribution >= 0.6 is 0 Å². The van der Waals surface area contributed by atoms with Gasteiger partial charge in [-0.15, -0.1) is 0 Å². The monoisotopic (exact) mass is 355 g/mol. The lowest BCUT2D eigenvalue weighted by Gasteiger charge is -2.08. The SMILES string of the molecule is CCCCCNC(=O)COC(=O)c1cc(C2CC2)nn1-c1ccccc1. The maximum atomic E-state index is 12.5. The molecule has 0 aliphatic heterocycles. The Hall–Kier alpha value is -2.63. The van der Waals surface area contributed by atoms with Gasteiger partial charge in [0.25, 0.3) is 5.91 Å². The number of nitrogens with one attached hydrogen (secondary N) is 1. The van der Waals surface area contributed by atoms with E-state index in [1.54, 1.807) is 10.7 Å². The number of carbonyl (C=O) groups excluding carboxylic acids is 2. The van der Waals surface area contributed by atoms with Gasteiger partial charge >= 0.3 is 5.97 Å². The van der Waals surface area contributed by atoms with Gasteiger partial charge in [-0.05, 0) is 37.5 Å². The lowest BCUT2D eigenvalue weighted by molar-refractivity contribution is -0.124. The molecule has 1 amide bonds. The van der Waals surface area contributed by atoms with Crippen LogP contribution < -0.4 is 5.32 Å². The van der Waals surface area contributed by atoms with E-state index in [9.17, 15) is 9.59 Å². The number of rotatable bonds is 9. The summed E-state index contributed by atoms with van der Waals surface area (Å²) in [6.45, 7) is 2.44. The molecule has 0 saturated heterocycles. The van der Waals surface area contributed by atoms with Crippen molar-refractivity contribution in [2.24, 2.45) is 0 Å². The minimum Gasteiger partial charge on any atom is -0.451 e. The first-order valence-corrected chi connectivity index (χ1v) is 9.28. The quantitative estimate of drug-likeness (QED) is 0.554. The van der Waals surface area contributed by atoms with E-state index in [1.165, 1.54) is 0 Å². The molecule has 26 heavy (non-hydrogen) atoms. The number of hydrogen-bond donors (Lipinski definition) is 1. The molecular formula is C20H25N3O3. The van der Waals surface area contributed by atoms with Crippen molar-refractivity contribution in [3.8, 4) is 5.69 Å². The van der Waals surface area contributed by atoms with E-state index in [0.717, 1.165) is 43.5 Å². The van der Waals surface area contributed by atoms with Gasteiger partial charge in [-0.1, -0.05) is 38.0 Å². The van der Waals surface area contributed by atoms with Crippen LogP contribution in [0.3, 0.4) is 0 Å². The van der Waals surface area contributed by atoms with Crippen LogP contribution in [0.15, 0.2) is 36.4 Å². The first kappa shape index (κ1) is 18.2. The second-order valence-corrected chi connectivity index (χ2v) is 6.61. The Balaban J connectivity index is 1.64. The molecule has 6 nitrogen and oxygen atoms in total. The number of aromatic nitrogens is 2. The molecule has 1 aliphatic rings. The normalized spacial score (nSPS) is 13.4. The lowest BCUT2D eigenvalue weighted by Crippen LogP contribution is -2.30. The van der Waals surface area contributed by atoms with Crippen molar-refractivity contribution in [2.45, 2.75) is 44.9 Å². The second-order valence-electron chi connectivity index (χ2n) is 6.61. The molecule has 1 N–H and O–H groups in total. The minimum absolute atomic E-state index is 0.274. The zero-order valence-electron chi connectivity index (χ0n) is 15.1. The van der Waals surface area contributed by atoms with Gasteiger partial charge in [0.05, 0.1) is 11.4 Å². The number of amides is 1. The van der Waals surface area contributed by atoms with Crippen molar-refractivity contribution in [3.63, 3.8) is 0 Å². The first-order valence-electron chi connectivity index (χ1n) is 9.28.